The smallest absolute Gasteiger partial charge is 0.262 e. The van der Waals surface area contributed by atoms with Crippen molar-refractivity contribution in [3.63, 3.8) is 0 Å². The Hall–Kier alpha value is -2.55. The molecule has 0 aliphatic heterocycles. The van der Waals surface area contributed by atoms with Crippen molar-refractivity contribution in [2.24, 2.45) is 7.05 Å². The first-order valence-corrected chi connectivity index (χ1v) is 8.44. The lowest BCUT2D eigenvalue weighted by molar-refractivity contribution is 0.0953. The van der Waals surface area contributed by atoms with Gasteiger partial charge in [0.15, 0.2) is 5.82 Å². The van der Waals surface area contributed by atoms with Crippen molar-refractivity contribution in [2.45, 2.75) is 33.4 Å². The Bertz CT molecular complexity index is 955. The number of carbonyl (C=O) groups is 1. The van der Waals surface area contributed by atoms with Crippen LogP contribution >= 0.6 is 11.3 Å². The number of thiophene rings is 1. The number of rotatable bonds is 5. The minimum absolute atomic E-state index is 0.143. The van der Waals surface area contributed by atoms with Crippen LogP contribution in [0.25, 0.3) is 10.2 Å². The normalized spacial score (nSPS) is 11.1. The van der Waals surface area contributed by atoms with E-state index < -0.39 is 0 Å². The zero-order valence-corrected chi connectivity index (χ0v) is 14.6. The van der Waals surface area contributed by atoms with E-state index in [9.17, 15) is 9.59 Å². The van der Waals surface area contributed by atoms with Crippen LogP contribution in [0.15, 0.2) is 17.4 Å². The minimum atomic E-state index is -0.233. The van der Waals surface area contributed by atoms with E-state index in [2.05, 4.69) is 27.4 Å². The van der Waals surface area contributed by atoms with Crippen LogP contribution in [0.4, 0.5) is 0 Å². The lowest BCUT2D eigenvalue weighted by atomic mass is 10.2. The van der Waals surface area contributed by atoms with Crippen LogP contribution in [0.2, 0.25) is 0 Å². The number of hydrogen-bond donors (Lipinski definition) is 1. The lowest BCUT2D eigenvalue weighted by Gasteiger charge is -2.06. The highest BCUT2D eigenvalue weighted by Crippen LogP contribution is 2.26. The van der Waals surface area contributed by atoms with Crippen molar-refractivity contribution in [3.8, 4) is 0 Å². The molecular formula is C15H18N6O2S. The summed E-state index contributed by atoms with van der Waals surface area (Å²) in [6.45, 7) is 4.94. The second-order valence-electron chi connectivity index (χ2n) is 5.52. The van der Waals surface area contributed by atoms with Crippen LogP contribution in [0.1, 0.15) is 34.4 Å². The van der Waals surface area contributed by atoms with E-state index in [4.69, 9.17) is 0 Å². The van der Waals surface area contributed by atoms with Gasteiger partial charge in [-0.2, -0.15) is 0 Å². The van der Waals surface area contributed by atoms with E-state index in [-0.39, 0.29) is 18.0 Å². The van der Waals surface area contributed by atoms with Gasteiger partial charge in [-0.05, 0) is 18.9 Å². The van der Waals surface area contributed by atoms with Gasteiger partial charge in [0.2, 0.25) is 0 Å². The quantitative estimate of drug-likeness (QED) is 0.750. The molecule has 0 aliphatic carbocycles. The Morgan fingerprint density at radius 3 is 2.92 bits per heavy atom. The molecule has 1 N–H and O–H groups in total. The third-order valence-corrected chi connectivity index (χ3v) is 4.98. The second kappa shape index (κ2) is 6.52. The molecule has 3 aromatic rings. The molecule has 0 aromatic carbocycles. The van der Waals surface area contributed by atoms with Crippen molar-refractivity contribution >= 4 is 27.5 Å². The van der Waals surface area contributed by atoms with Gasteiger partial charge in [-0.3, -0.25) is 9.59 Å². The molecule has 3 aromatic heterocycles. The first-order valence-electron chi connectivity index (χ1n) is 7.62. The zero-order valence-electron chi connectivity index (χ0n) is 13.7. The summed E-state index contributed by atoms with van der Waals surface area (Å²) in [5, 5.41) is 11.3. The summed E-state index contributed by atoms with van der Waals surface area (Å²) >= 11 is 1.23. The predicted molar refractivity (Wildman–Crippen MR) is 91.1 cm³/mol. The summed E-state index contributed by atoms with van der Waals surface area (Å²) in [5.74, 6) is 0.474. The van der Waals surface area contributed by atoms with Crippen molar-refractivity contribution in [2.75, 3.05) is 0 Å². The van der Waals surface area contributed by atoms with Gasteiger partial charge >= 0.3 is 0 Å². The molecule has 0 bridgehead atoms. The molecule has 0 unspecified atom stereocenters. The highest BCUT2D eigenvalue weighted by Gasteiger charge is 2.19. The van der Waals surface area contributed by atoms with Crippen molar-refractivity contribution in [3.05, 3.63) is 39.3 Å². The first kappa shape index (κ1) is 16.3. The summed E-state index contributed by atoms with van der Waals surface area (Å²) in [6, 6.07) is 0. The van der Waals surface area contributed by atoms with Crippen LogP contribution in [0, 0.1) is 6.92 Å². The van der Waals surface area contributed by atoms with E-state index >= 15 is 0 Å². The summed E-state index contributed by atoms with van der Waals surface area (Å²) in [6.07, 6.45) is 4.09. The molecule has 0 spiro atoms. The Balaban J connectivity index is 1.84. The Morgan fingerprint density at radius 2 is 2.17 bits per heavy atom. The van der Waals surface area contributed by atoms with E-state index in [0.717, 1.165) is 13.0 Å². The number of aryl methyl sites for hydroxylation is 3. The van der Waals surface area contributed by atoms with Gasteiger partial charge < -0.3 is 14.5 Å². The Morgan fingerprint density at radius 1 is 1.38 bits per heavy atom. The van der Waals surface area contributed by atoms with Crippen LogP contribution in [-0.4, -0.2) is 30.2 Å². The highest BCUT2D eigenvalue weighted by atomic mass is 32.1. The van der Waals surface area contributed by atoms with Gasteiger partial charge in [0.05, 0.1) is 23.1 Å². The summed E-state index contributed by atoms with van der Waals surface area (Å²) in [4.78, 5) is 30.0. The van der Waals surface area contributed by atoms with E-state index in [0.29, 0.717) is 26.5 Å². The van der Waals surface area contributed by atoms with Crippen molar-refractivity contribution < 1.29 is 4.79 Å². The van der Waals surface area contributed by atoms with E-state index in [1.807, 2.05) is 4.57 Å². The third kappa shape index (κ3) is 2.82. The molecule has 24 heavy (non-hydrogen) atoms. The number of fused-ring (bicyclic) bond motifs is 1. The lowest BCUT2D eigenvalue weighted by Crippen LogP contribution is -2.24. The fraction of sp³-hybridized carbons (Fsp3) is 0.400. The average Bonchev–Trinajstić information content (AvgIpc) is 3.14. The van der Waals surface area contributed by atoms with Gasteiger partial charge in [-0.1, -0.05) is 6.92 Å². The van der Waals surface area contributed by atoms with Crippen LogP contribution in [0.3, 0.4) is 0 Å². The maximum Gasteiger partial charge on any atom is 0.262 e. The summed E-state index contributed by atoms with van der Waals surface area (Å²) in [7, 11) is 1.65. The second-order valence-corrected chi connectivity index (χ2v) is 6.52. The van der Waals surface area contributed by atoms with E-state index in [1.54, 1.807) is 20.3 Å². The number of aromatic nitrogens is 5. The van der Waals surface area contributed by atoms with Crippen molar-refractivity contribution in [1.82, 2.24) is 29.6 Å². The fourth-order valence-corrected chi connectivity index (χ4v) is 3.56. The van der Waals surface area contributed by atoms with Crippen LogP contribution < -0.4 is 10.9 Å². The van der Waals surface area contributed by atoms with Crippen LogP contribution in [0.5, 0.6) is 0 Å². The molecule has 0 radical (unpaired) electrons. The monoisotopic (exact) mass is 346 g/mol. The topological polar surface area (TPSA) is 94.7 Å². The molecule has 0 saturated carbocycles. The minimum Gasteiger partial charge on any atom is -0.344 e. The maximum atomic E-state index is 12.5. The Kier molecular flexibility index (Phi) is 4.43. The molecule has 0 atom stereocenters. The number of nitrogens with zero attached hydrogens (tertiary/aromatic N) is 5. The SMILES string of the molecule is CCCn1cnnc1CNC(=O)c1sc2ncn(C)c(=O)c2c1C. The number of carbonyl (C=O) groups excluding carboxylic acids is 1. The summed E-state index contributed by atoms with van der Waals surface area (Å²) in [5.41, 5.74) is 0.520. The zero-order chi connectivity index (χ0) is 17.3. The number of amides is 1. The molecule has 126 valence electrons. The highest BCUT2D eigenvalue weighted by molar-refractivity contribution is 7.20. The Labute approximate surface area is 142 Å². The number of hydrogen-bond acceptors (Lipinski definition) is 6. The first-order chi connectivity index (χ1) is 11.5. The van der Waals surface area contributed by atoms with Gasteiger partial charge in [-0.15, -0.1) is 21.5 Å². The standard InChI is InChI=1S/C15H18N6O2S/c1-4-5-21-8-18-19-10(21)6-16-13(22)12-9(2)11-14(24-12)17-7-20(3)15(11)23/h7-8H,4-6H2,1-3H3,(H,16,22). The third-order valence-electron chi connectivity index (χ3n) is 3.78. The molecule has 0 fully saturated rings. The van der Waals surface area contributed by atoms with Gasteiger partial charge in [0.1, 0.15) is 11.2 Å². The molecule has 0 aliphatic rings. The molecule has 0 saturated heterocycles. The van der Waals surface area contributed by atoms with Crippen LogP contribution in [-0.2, 0) is 20.1 Å². The largest absolute Gasteiger partial charge is 0.344 e. The maximum absolute atomic E-state index is 12.5. The average molecular weight is 346 g/mol. The molecule has 8 nitrogen and oxygen atoms in total. The molecule has 3 heterocycles. The van der Waals surface area contributed by atoms with Gasteiger partial charge in [0, 0.05) is 13.6 Å². The molecule has 9 heteroatoms. The van der Waals surface area contributed by atoms with E-state index in [1.165, 1.54) is 22.2 Å². The predicted octanol–water partition coefficient (Wildman–Crippen LogP) is 1.23. The van der Waals surface area contributed by atoms with Gasteiger partial charge in [-0.25, -0.2) is 4.98 Å². The molecule has 1 amide bonds. The fourth-order valence-electron chi connectivity index (χ4n) is 2.51. The summed E-state index contributed by atoms with van der Waals surface area (Å²) < 4.78 is 3.33. The number of nitrogens with one attached hydrogen (secondary N) is 1. The van der Waals surface area contributed by atoms with Gasteiger partial charge in [0.25, 0.3) is 11.5 Å². The molecular weight excluding hydrogens is 328 g/mol. The van der Waals surface area contributed by atoms with Crippen molar-refractivity contribution in [1.29, 1.82) is 0 Å². The molecule has 3 rings (SSSR count).